The average Bonchev–Trinajstić information content (AvgIpc) is 2.04. The minimum absolute atomic E-state index is 0.0492. The van der Waals surface area contributed by atoms with Crippen LogP contribution in [0.1, 0.15) is 0 Å². The van der Waals surface area contributed by atoms with Crippen LogP contribution < -0.4 is 5.06 Å². The third kappa shape index (κ3) is 1.67. The first-order chi connectivity index (χ1) is 5.61. The van der Waals surface area contributed by atoms with Crippen molar-refractivity contribution in [2.24, 2.45) is 0 Å². The normalized spacial score (nSPS) is 9.50. The maximum atomic E-state index is 12.2. The number of hydrogen-bond acceptors (Lipinski definition) is 3. The highest BCUT2D eigenvalue weighted by atomic mass is 19.1. The van der Waals surface area contributed by atoms with Gasteiger partial charge in [-0.25, -0.2) is 9.78 Å². The molecule has 1 amide bonds. The van der Waals surface area contributed by atoms with E-state index in [1.54, 1.807) is 0 Å². The van der Waals surface area contributed by atoms with Gasteiger partial charge < -0.3 is 5.11 Å². The zero-order valence-corrected chi connectivity index (χ0v) is 5.81. The second kappa shape index (κ2) is 3.14. The van der Waals surface area contributed by atoms with Crippen LogP contribution in [-0.4, -0.2) is 21.4 Å². The summed E-state index contributed by atoms with van der Waals surface area (Å²) in [5, 5.41) is 17.0. The van der Waals surface area contributed by atoms with Gasteiger partial charge in [-0.2, -0.15) is 9.45 Å². The summed E-state index contributed by atoms with van der Waals surface area (Å²) in [6.07, 6.45) is -0.646. The van der Waals surface area contributed by atoms with Gasteiger partial charge in [-0.15, -0.1) is 0 Å². The summed E-state index contributed by atoms with van der Waals surface area (Å²) < 4.78 is 12.2. The molecular weight excluding hydrogens is 167 g/mol. The lowest BCUT2D eigenvalue weighted by molar-refractivity contribution is 0.160. The van der Waals surface area contributed by atoms with Crippen molar-refractivity contribution in [2.75, 3.05) is 5.06 Å². The van der Waals surface area contributed by atoms with Crippen molar-refractivity contribution in [3.63, 3.8) is 0 Å². The molecule has 0 saturated heterocycles. The molecule has 0 saturated carbocycles. The molecule has 0 aliphatic carbocycles. The Morgan fingerprint density at radius 3 is 2.67 bits per heavy atom. The van der Waals surface area contributed by atoms with Crippen LogP contribution in [0.5, 0.6) is 0 Å². The smallest absolute Gasteiger partial charge is 0.436 e. The molecule has 2 N–H and O–H groups in total. The van der Waals surface area contributed by atoms with Crippen LogP contribution in [0.25, 0.3) is 0 Å². The first-order valence-electron chi connectivity index (χ1n) is 2.95. The Balaban J connectivity index is 2.89. The maximum absolute atomic E-state index is 12.2. The third-order valence-corrected chi connectivity index (χ3v) is 1.14. The van der Waals surface area contributed by atoms with E-state index in [2.05, 4.69) is 4.98 Å². The predicted octanol–water partition coefficient (Wildman–Crippen LogP) is 1.09. The SMILES string of the molecule is O=C(O)N(O)c1ccc(F)nc1. The van der Waals surface area contributed by atoms with Gasteiger partial charge in [0.25, 0.3) is 0 Å². The van der Waals surface area contributed by atoms with E-state index in [0.29, 0.717) is 0 Å². The zero-order chi connectivity index (χ0) is 9.14. The molecule has 6 heteroatoms. The lowest BCUT2D eigenvalue weighted by Crippen LogP contribution is -2.24. The average molecular weight is 172 g/mol. The van der Waals surface area contributed by atoms with E-state index in [-0.39, 0.29) is 10.8 Å². The van der Waals surface area contributed by atoms with E-state index < -0.39 is 12.0 Å². The van der Waals surface area contributed by atoms with Crippen molar-refractivity contribution in [2.45, 2.75) is 0 Å². The summed E-state index contributed by atoms with van der Waals surface area (Å²) in [5.74, 6) is -0.738. The summed E-state index contributed by atoms with van der Waals surface area (Å²) in [6.45, 7) is 0. The maximum Gasteiger partial charge on any atom is 0.436 e. The van der Waals surface area contributed by atoms with Crippen LogP contribution in [0.15, 0.2) is 18.3 Å². The van der Waals surface area contributed by atoms with Crippen LogP contribution in [0.3, 0.4) is 0 Å². The number of anilines is 1. The lowest BCUT2D eigenvalue weighted by atomic mass is 10.4. The van der Waals surface area contributed by atoms with Gasteiger partial charge in [-0.1, -0.05) is 0 Å². The van der Waals surface area contributed by atoms with Crippen molar-refractivity contribution in [1.29, 1.82) is 0 Å². The van der Waals surface area contributed by atoms with Crippen LogP contribution in [0.4, 0.5) is 14.9 Å². The van der Waals surface area contributed by atoms with Gasteiger partial charge >= 0.3 is 6.09 Å². The topological polar surface area (TPSA) is 73.7 Å². The molecule has 1 heterocycles. The molecule has 0 aliphatic heterocycles. The molecular formula is C6H5FN2O3. The van der Waals surface area contributed by atoms with Crippen LogP contribution in [0.2, 0.25) is 0 Å². The Morgan fingerprint density at radius 2 is 2.25 bits per heavy atom. The van der Waals surface area contributed by atoms with Crippen molar-refractivity contribution < 1.29 is 19.5 Å². The summed E-state index contributed by atoms with van der Waals surface area (Å²) in [4.78, 5) is 13.3. The van der Waals surface area contributed by atoms with E-state index in [4.69, 9.17) is 10.3 Å². The highest BCUT2D eigenvalue weighted by molar-refractivity contribution is 5.82. The zero-order valence-electron chi connectivity index (χ0n) is 5.81. The van der Waals surface area contributed by atoms with Gasteiger partial charge in [-0.3, -0.25) is 5.21 Å². The molecule has 12 heavy (non-hydrogen) atoms. The van der Waals surface area contributed by atoms with E-state index in [1.165, 1.54) is 0 Å². The Bertz CT molecular complexity index is 287. The Morgan fingerprint density at radius 1 is 1.58 bits per heavy atom. The minimum atomic E-state index is -1.55. The number of halogens is 1. The number of rotatable bonds is 1. The molecule has 0 bridgehead atoms. The molecule has 0 aromatic carbocycles. The highest BCUT2D eigenvalue weighted by Gasteiger charge is 2.10. The van der Waals surface area contributed by atoms with Gasteiger partial charge in [0.1, 0.15) is 0 Å². The first-order valence-corrected chi connectivity index (χ1v) is 2.95. The number of hydrogen-bond donors (Lipinski definition) is 2. The molecule has 5 nitrogen and oxygen atoms in total. The number of amides is 1. The van der Waals surface area contributed by atoms with Crippen molar-refractivity contribution >= 4 is 11.8 Å². The molecule has 64 valence electrons. The summed E-state index contributed by atoms with van der Waals surface area (Å²) in [6, 6.07) is 2.04. The van der Waals surface area contributed by atoms with E-state index in [9.17, 15) is 9.18 Å². The highest BCUT2D eigenvalue weighted by Crippen LogP contribution is 2.09. The molecule has 1 aromatic heterocycles. The van der Waals surface area contributed by atoms with Crippen LogP contribution >= 0.6 is 0 Å². The van der Waals surface area contributed by atoms with Crippen LogP contribution in [0, 0.1) is 5.95 Å². The van der Waals surface area contributed by atoms with Gasteiger partial charge in [0.05, 0.1) is 11.9 Å². The standard InChI is InChI=1S/C6H5FN2O3/c7-5-2-1-4(3-8-5)9(12)6(10)11/h1-3,12H,(H,10,11). The number of carbonyl (C=O) groups is 1. The molecule has 1 aromatic rings. The fourth-order valence-corrected chi connectivity index (χ4v) is 0.604. The largest absolute Gasteiger partial charge is 0.463 e. The molecule has 0 unspecified atom stereocenters. The van der Waals surface area contributed by atoms with Crippen molar-refractivity contribution in [1.82, 2.24) is 4.98 Å². The first kappa shape index (κ1) is 8.41. The predicted molar refractivity (Wildman–Crippen MR) is 36.5 cm³/mol. The Labute approximate surface area is 66.6 Å². The molecule has 0 fully saturated rings. The second-order valence-electron chi connectivity index (χ2n) is 1.93. The number of hydroxylamine groups is 1. The van der Waals surface area contributed by atoms with Gasteiger partial charge in [0, 0.05) is 0 Å². The number of nitrogens with zero attached hydrogens (tertiary/aromatic N) is 2. The summed E-state index contributed by atoms with van der Waals surface area (Å²) in [5.41, 5.74) is -0.107. The molecule has 0 radical (unpaired) electrons. The fourth-order valence-electron chi connectivity index (χ4n) is 0.604. The van der Waals surface area contributed by atoms with Crippen molar-refractivity contribution in [3.8, 4) is 0 Å². The van der Waals surface area contributed by atoms with Gasteiger partial charge in [-0.05, 0) is 12.1 Å². The molecule has 1 rings (SSSR count). The number of pyridine rings is 1. The third-order valence-electron chi connectivity index (χ3n) is 1.14. The number of aromatic nitrogens is 1. The monoisotopic (exact) mass is 172 g/mol. The molecule has 0 spiro atoms. The van der Waals surface area contributed by atoms with Gasteiger partial charge in [0.2, 0.25) is 5.95 Å². The summed E-state index contributed by atoms with van der Waals surface area (Å²) in [7, 11) is 0. The van der Waals surface area contributed by atoms with E-state index in [0.717, 1.165) is 18.3 Å². The minimum Gasteiger partial charge on any atom is -0.463 e. The quantitative estimate of drug-likeness (QED) is 0.378. The lowest BCUT2D eigenvalue weighted by Gasteiger charge is -2.08. The van der Waals surface area contributed by atoms with Gasteiger partial charge in [0.15, 0.2) is 0 Å². The Kier molecular flexibility index (Phi) is 2.20. The molecule has 0 atom stereocenters. The molecule has 0 aliphatic rings. The summed E-state index contributed by atoms with van der Waals surface area (Å²) >= 11 is 0. The van der Waals surface area contributed by atoms with Crippen molar-refractivity contribution in [3.05, 3.63) is 24.3 Å². The van der Waals surface area contributed by atoms with Crippen LogP contribution in [-0.2, 0) is 0 Å². The fraction of sp³-hybridized carbons (Fsp3) is 0. The Hall–Kier alpha value is -1.69. The van der Waals surface area contributed by atoms with E-state index in [1.807, 2.05) is 0 Å². The second-order valence-corrected chi connectivity index (χ2v) is 1.93. The number of carboxylic acid groups (broad SMARTS) is 1. The van der Waals surface area contributed by atoms with E-state index >= 15 is 0 Å².